The van der Waals surface area contributed by atoms with Crippen LogP contribution in [0.2, 0.25) is 5.02 Å². The quantitative estimate of drug-likeness (QED) is 0.508. The average Bonchev–Trinajstić information content (AvgIpc) is 2.70. The zero-order valence-electron chi connectivity index (χ0n) is 15.2. The fourth-order valence-corrected chi connectivity index (χ4v) is 2.70. The summed E-state index contributed by atoms with van der Waals surface area (Å²) in [6.45, 7) is 0. The molecule has 3 aromatic rings. The number of nitrogens with one attached hydrogen (secondary N) is 2. The molecule has 3 rings (SSSR count). The van der Waals surface area contributed by atoms with Crippen LogP contribution in [0.4, 0.5) is 33.5 Å². The second-order valence-electron chi connectivity index (χ2n) is 6.15. The maximum atomic E-state index is 13.7. The van der Waals surface area contributed by atoms with E-state index in [0.29, 0.717) is 17.2 Å². The van der Waals surface area contributed by atoms with Gasteiger partial charge in [-0.15, -0.1) is 0 Å². The Bertz CT molecular complexity index is 1150. The number of nitrogens with zero attached hydrogens (tertiary/aromatic N) is 1. The number of rotatable bonds is 4. The van der Waals surface area contributed by atoms with E-state index in [9.17, 15) is 31.5 Å². The summed E-state index contributed by atoms with van der Waals surface area (Å²) >= 11 is 5.71. The Balaban J connectivity index is 1.92. The molecule has 1 aromatic heterocycles. The molecular weight excluding hydrogens is 445 g/mol. The van der Waals surface area contributed by atoms with Crippen LogP contribution >= 0.6 is 11.6 Å². The highest BCUT2D eigenvalue weighted by atomic mass is 35.5. The fourth-order valence-electron chi connectivity index (χ4n) is 2.59. The first-order chi connectivity index (χ1) is 14.5. The molecule has 5 nitrogen and oxygen atoms in total. The third-order valence-corrected chi connectivity index (χ3v) is 4.20. The van der Waals surface area contributed by atoms with Crippen LogP contribution in [0.5, 0.6) is 0 Å². The first-order valence-electron chi connectivity index (χ1n) is 8.45. The van der Waals surface area contributed by atoms with Crippen LogP contribution < -0.4 is 10.6 Å². The van der Waals surface area contributed by atoms with Crippen molar-refractivity contribution >= 4 is 34.9 Å². The Labute approximate surface area is 176 Å². The molecule has 0 atom stereocenters. The van der Waals surface area contributed by atoms with Crippen molar-refractivity contribution in [2.75, 3.05) is 10.6 Å². The van der Waals surface area contributed by atoms with E-state index in [2.05, 4.69) is 15.6 Å². The van der Waals surface area contributed by atoms with Crippen molar-refractivity contribution in [3.8, 4) is 0 Å². The van der Waals surface area contributed by atoms with Crippen molar-refractivity contribution in [2.45, 2.75) is 6.18 Å². The maximum Gasteiger partial charge on any atom is 0.417 e. The first kappa shape index (κ1) is 22.2. The smallest absolute Gasteiger partial charge is 0.321 e. The summed E-state index contributed by atoms with van der Waals surface area (Å²) in [5.41, 5.74) is -3.01. The van der Waals surface area contributed by atoms with E-state index in [1.165, 1.54) is 18.3 Å². The number of aromatic nitrogens is 1. The average molecular weight is 456 g/mol. The number of alkyl halides is 3. The third kappa shape index (κ3) is 5.34. The summed E-state index contributed by atoms with van der Waals surface area (Å²) in [7, 11) is 0. The highest BCUT2D eigenvalue weighted by Crippen LogP contribution is 2.33. The molecule has 0 spiro atoms. The maximum absolute atomic E-state index is 13.7. The summed E-state index contributed by atoms with van der Waals surface area (Å²) < 4.78 is 66.5. The largest absolute Gasteiger partial charge is 0.417 e. The Morgan fingerprint density at radius 1 is 0.839 bits per heavy atom. The zero-order valence-corrected chi connectivity index (χ0v) is 16.0. The normalized spacial score (nSPS) is 11.2. The monoisotopic (exact) mass is 455 g/mol. The molecule has 0 radical (unpaired) electrons. The van der Waals surface area contributed by atoms with Gasteiger partial charge in [0.1, 0.15) is 17.5 Å². The number of halogens is 6. The van der Waals surface area contributed by atoms with Gasteiger partial charge < -0.3 is 10.6 Å². The predicted molar refractivity (Wildman–Crippen MR) is 103 cm³/mol. The van der Waals surface area contributed by atoms with Crippen molar-refractivity contribution in [2.24, 2.45) is 0 Å². The van der Waals surface area contributed by atoms with Crippen molar-refractivity contribution in [1.82, 2.24) is 4.98 Å². The van der Waals surface area contributed by atoms with Gasteiger partial charge in [0.25, 0.3) is 11.8 Å². The second kappa shape index (κ2) is 8.68. The molecule has 0 unspecified atom stereocenters. The van der Waals surface area contributed by atoms with Crippen LogP contribution in [0, 0.1) is 11.6 Å². The lowest BCUT2D eigenvalue weighted by atomic mass is 10.1. The SMILES string of the molecule is O=C(Nc1ccc(Cl)cn1)c1cc(F)ccc1NC(=O)c1ccc(F)cc1C(F)(F)F. The first-order valence-corrected chi connectivity index (χ1v) is 8.83. The van der Waals surface area contributed by atoms with Crippen molar-refractivity contribution < 1.29 is 31.5 Å². The van der Waals surface area contributed by atoms with Crippen LogP contribution in [0.15, 0.2) is 54.7 Å². The molecule has 0 fully saturated rings. The van der Waals surface area contributed by atoms with Gasteiger partial charge in [0.15, 0.2) is 0 Å². The van der Waals surface area contributed by atoms with Gasteiger partial charge in [0.05, 0.1) is 27.4 Å². The van der Waals surface area contributed by atoms with E-state index in [4.69, 9.17) is 11.6 Å². The summed E-state index contributed by atoms with van der Waals surface area (Å²) in [4.78, 5) is 28.8. The van der Waals surface area contributed by atoms with Gasteiger partial charge in [-0.25, -0.2) is 13.8 Å². The van der Waals surface area contributed by atoms with Crippen molar-refractivity contribution in [3.63, 3.8) is 0 Å². The number of hydrogen-bond donors (Lipinski definition) is 2. The molecule has 0 saturated carbocycles. The zero-order chi connectivity index (χ0) is 22.8. The van der Waals surface area contributed by atoms with Crippen LogP contribution in [0.1, 0.15) is 26.3 Å². The van der Waals surface area contributed by atoms with E-state index in [0.717, 1.165) is 18.2 Å². The molecule has 11 heteroatoms. The van der Waals surface area contributed by atoms with Gasteiger partial charge in [0, 0.05) is 6.20 Å². The standard InChI is InChI=1S/C20H11ClF5N3O2/c21-10-1-6-17(27-9-10)29-19(31)14-7-11(22)3-5-16(14)28-18(30)13-4-2-12(23)8-15(13)20(24,25)26/h1-9H,(H,28,30)(H,27,29,31). The Morgan fingerprint density at radius 3 is 2.13 bits per heavy atom. The van der Waals surface area contributed by atoms with E-state index < -0.39 is 40.8 Å². The summed E-state index contributed by atoms with van der Waals surface area (Å²) in [6.07, 6.45) is -3.75. The van der Waals surface area contributed by atoms with Gasteiger partial charge in [0.2, 0.25) is 0 Å². The molecule has 0 aliphatic rings. The third-order valence-electron chi connectivity index (χ3n) is 3.98. The molecule has 0 bridgehead atoms. The van der Waals surface area contributed by atoms with Crippen LogP contribution in [-0.4, -0.2) is 16.8 Å². The van der Waals surface area contributed by atoms with E-state index in [1.807, 2.05) is 0 Å². The minimum atomic E-state index is -5.00. The lowest BCUT2D eigenvalue weighted by molar-refractivity contribution is -0.138. The number of carbonyl (C=O) groups excluding carboxylic acids is 2. The number of benzene rings is 2. The minimum Gasteiger partial charge on any atom is -0.321 e. The lowest BCUT2D eigenvalue weighted by Crippen LogP contribution is -2.22. The van der Waals surface area contributed by atoms with Crippen molar-refractivity contribution in [1.29, 1.82) is 0 Å². The topological polar surface area (TPSA) is 71.1 Å². The van der Waals surface area contributed by atoms with Crippen LogP contribution in [0.3, 0.4) is 0 Å². The highest BCUT2D eigenvalue weighted by Gasteiger charge is 2.36. The molecule has 1 heterocycles. The van der Waals surface area contributed by atoms with Gasteiger partial charge in [-0.2, -0.15) is 13.2 Å². The number of anilines is 2. The molecule has 160 valence electrons. The number of pyridine rings is 1. The molecule has 0 aliphatic heterocycles. The summed E-state index contributed by atoms with van der Waals surface area (Å²) in [6, 6.07) is 7.03. The second-order valence-corrected chi connectivity index (χ2v) is 6.58. The van der Waals surface area contributed by atoms with Gasteiger partial charge in [-0.05, 0) is 48.5 Å². The molecule has 0 aliphatic carbocycles. The molecule has 2 aromatic carbocycles. The molecule has 2 N–H and O–H groups in total. The van der Waals surface area contributed by atoms with E-state index in [1.54, 1.807) is 0 Å². The predicted octanol–water partition coefficient (Wildman–Crippen LogP) is 5.54. The Morgan fingerprint density at radius 2 is 1.48 bits per heavy atom. The Kier molecular flexibility index (Phi) is 6.21. The minimum absolute atomic E-state index is 0.0637. The van der Waals surface area contributed by atoms with E-state index in [-0.39, 0.29) is 23.1 Å². The molecule has 31 heavy (non-hydrogen) atoms. The molecule has 2 amide bonds. The molecule has 0 saturated heterocycles. The van der Waals surface area contributed by atoms with E-state index >= 15 is 0 Å². The van der Waals surface area contributed by atoms with Gasteiger partial charge >= 0.3 is 6.18 Å². The fraction of sp³-hybridized carbons (Fsp3) is 0.0500. The van der Waals surface area contributed by atoms with Gasteiger partial charge in [-0.1, -0.05) is 11.6 Å². The highest BCUT2D eigenvalue weighted by molar-refractivity contribution is 6.30. The number of carbonyl (C=O) groups is 2. The summed E-state index contributed by atoms with van der Waals surface area (Å²) in [5.74, 6) is -4.10. The lowest BCUT2D eigenvalue weighted by Gasteiger charge is -2.15. The van der Waals surface area contributed by atoms with Crippen molar-refractivity contribution in [3.05, 3.63) is 88.1 Å². The number of hydrogen-bond acceptors (Lipinski definition) is 3. The van der Waals surface area contributed by atoms with Crippen LogP contribution in [-0.2, 0) is 6.18 Å². The van der Waals surface area contributed by atoms with Crippen LogP contribution in [0.25, 0.3) is 0 Å². The summed E-state index contributed by atoms with van der Waals surface area (Å²) in [5, 5.41) is 4.79. The number of amides is 2. The Hall–Kier alpha value is -3.53. The van der Waals surface area contributed by atoms with Gasteiger partial charge in [-0.3, -0.25) is 9.59 Å². The molecular formula is C20H11ClF5N3O2.